The van der Waals surface area contributed by atoms with E-state index in [0.29, 0.717) is 50.3 Å². The highest BCUT2D eigenvalue weighted by Gasteiger charge is 2.22. The molecule has 166 valence electrons. The van der Waals surface area contributed by atoms with Gasteiger partial charge in [0, 0.05) is 44.9 Å². The molecular formula is C23H25FN6O2. The SMILES string of the molecule is O=C(CCc1cccnc1)NCc1nnc2n1CCN(C(=O)Cc1cccc(F)c1)CC2. The second kappa shape index (κ2) is 10.1. The maximum atomic E-state index is 13.4. The molecule has 1 aliphatic rings. The molecule has 1 aliphatic heterocycles. The molecule has 0 atom stereocenters. The number of benzene rings is 1. The maximum absolute atomic E-state index is 13.4. The highest BCUT2D eigenvalue weighted by Crippen LogP contribution is 2.12. The van der Waals surface area contributed by atoms with Crippen molar-refractivity contribution in [3.8, 4) is 0 Å². The smallest absolute Gasteiger partial charge is 0.227 e. The molecule has 0 radical (unpaired) electrons. The second-order valence-corrected chi connectivity index (χ2v) is 7.76. The number of hydrogen-bond donors (Lipinski definition) is 1. The topological polar surface area (TPSA) is 93.0 Å². The summed E-state index contributed by atoms with van der Waals surface area (Å²) in [7, 11) is 0. The first-order valence-electron chi connectivity index (χ1n) is 10.7. The fourth-order valence-electron chi connectivity index (χ4n) is 3.77. The number of rotatable bonds is 7. The standard InChI is InChI=1S/C23H25FN6O2/c24-19-5-1-3-18(13-19)14-23(32)29-10-8-20-27-28-21(30(20)12-11-29)16-26-22(31)7-6-17-4-2-9-25-15-17/h1-5,9,13,15H,6-8,10-12,14,16H2,(H,26,31). The van der Waals surface area contributed by atoms with Crippen LogP contribution in [0.2, 0.25) is 0 Å². The Morgan fingerprint density at radius 1 is 1.06 bits per heavy atom. The molecule has 0 bridgehead atoms. The van der Waals surface area contributed by atoms with Crippen molar-refractivity contribution >= 4 is 11.8 Å². The molecule has 0 fully saturated rings. The van der Waals surface area contributed by atoms with E-state index in [4.69, 9.17) is 0 Å². The Kier molecular flexibility index (Phi) is 6.84. The van der Waals surface area contributed by atoms with Gasteiger partial charge in [0.25, 0.3) is 0 Å². The van der Waals surface area contributed by atoms with Crippen LogP contribution in [0, 0.1) is 5.82 Å². The lowest BCUT2D eigenvalue weighted by molar-refractivity contribution is -0.130. The van der Waals surface area contributed by atoms with Gasteiger partial charge in [0.1, 0.15) is 11.6 Å². The van der Waals surface area contributed by atoms with E-state index in [9.17, 15) is 14.0 Å². The molecule has 0 unspecified atom stereocenters. The summed E-state index contributed by atoms with van der Waals surface area (Å²) in [6, 6.07) is 9.91. The second-order valence-electron chi connectivity index (χ2n) is 7.76. The van der Waals surface area contributed by atoms with Crippen LogP contribution in [-0.4, -0.2) is 49.6 Å². The third kappa shape index (κ3) is 5.54. The minimum Gasteiger partial charge on any atom is -0.349 e. The molecule has 32 heavy (non-hydrogen) atoms. The van der Waals surface area contributed by atoms with Gasteiger partial charge >= 0.3 is 0 Å². The Morgan fingerprint density at radius 3 is 2.75 bits per heavy atom. The Morgan fingerprint density at radius 2 is 1.94 bits per heavy atom. The average molecular weight is 436 g/mol. The van der Waals surface area contributed by atoms with Gasteiger partial charge in [-0.2, -0.15) is 0 Å². The van der Waals surface area contributed by atoms with Crippen LogP contribution in [0.3, 0.4) is 0 Å². The molecule has 8 nitrogen and oxygen atoms in total. The summed E-state index contributed by atoms with van der Waals surface area (Å²) in [6.45, 7) is 1.89. The lowest BCUT2D eigenvalue weighted by atomic mass is 10.1. The number of carbonyl (C=O) groups is 2. The summed E-state index contributed by atoms with van der Waals surface area (Å²) < 4.78 is 15.4. The summed E-state index contributed by atoms with van der Waals surface area (Å²) in [5.41, 5.74) is 1.68. The largest absolute Gasteiger partial charge is 0.349 e. The molecule has 4 rings (SSSR count). The zero-order valence-electron chi connectivity index (χ0n) is 17.7. The number of amides is 2. The highest BCUT2D eigenvalue weighted by atomic mass is 19.1. The van der Waals surface area contributed by atoms with Crippen molar-refractivity contribution in [3.63, 3.8) is 0 Å². The first kappa shape index (κ1) is 21.6. The predicted octanol–water partition coefficient (Wildman–Crippen LogP) is 1.69. The number of hydrogen-bond acceptors (Lipinski definition) is 5. The fraction of sp³-hybridized carbons (Fsp3) is 0.348. The van der Waals surface area contributed by atoms with Crippen molar-refractivity contribution in [1.82, 2.24) is 30.0 Å². The number of aryl methyl sites for hydroxylation is 1. The molecule has 0 saturated carbocycles. The number of aromatic nitrogens is 4. The van der Waals surface area contributed by atoms with Crippen molar-refractivity contribution < 1.29 is 14.0 Å². The fourth-order valence-corrected chi connectivity index (χ4v) is 3.77. The third-order valence-electron chi connectivity index (χ3n) is 5.51. The number of halogens is 1. The number of fused-ring (bicyclic) bond motifs is 1. The number of nitrogens with one attached hydrogen (secondary N) is 1. The molecule has 3 aromatic rings. The molecular weight excluding hydrogens is 411 g/mol. The Labute approximate surface area is 185 Å². The highest BCUT2D eigenvalue weighted by molar-refractivity contribution is 5.78. The minimum absolute atomic E-state index is 0.0421. The zero-order chi connectivity index (χ0) is 22.3. The van der Waals surface area contributed by atoms with E-state index in [1.165, 1.54) is 12.1 Å². The first-order valence-corrected chi connectivity index (χ1v) is 10.7. The molecule has 2 aromatic heterocycles. The van der Waals surface area contributed by atoms with Crippen molar-refractivity contribution in [3.05, 3.63) is 77.4 Å². The van der Waals surface area contributed by atoms with Gasteiger partial charge in [-0.1, -0.05) is 18.2 Å². The van der Waals surface area contributed by atoms with Gasteiger partial charge < -0.3 is 14.8 Å². The Hall–Kier alpha value is -3.62. The number of carbonyl (C=O) groups excluding carboxylic acids is 2. The first-order chi connectivity index (χ1) is 15.6. The lowest BCUT2D eigenvalue weighted by Crippen LogP contribution is -2.35. The third-order valence-corrected chi connectivity index (χ3v) is 5.51. The van der Waals surface area contributed by atoms with Crippen LogP contribution in [0.1, 0.15) is 29.2 Å². The number of pyridine rings is 1. The van der Waals surface area contributed by atoms with Crippen LogP contribution in [0.4, 0.5) is 4.39 Å². The summed E-state index contributed by atoms with van der Waals surface area (Å²) in [5, 5.41) is 11.4. The Balaban J connectivity index is 1.29. The zero-order valence-corrected chi connectivity index (χ0v) is 17.7. The summed E-state index contributed by atoms with van der Waals surface area (Å²) in [4.78, 5) is 30.7. The summed E-state index contributed by atoms with van der Waals surface area (Å²) in [5.74, 6) is 1.02. The van der Waals surface area contributed by atoms with Crippen molar-refractivity contribution in [1.29, 1.82) is 0 Å². The van der Waals surface area contributed by atoms with E-state index in [0.717, 1.165) is 11.4 Å². The minimum atomic E-state index is -0.343. The Bertz CT molecular complexity index is 1090. The summed E-state index contributed by atoms with van der Waals surface area (Å²) in [6.07, 6.45) is 5.20. The van der Waals surface area contributed by atoms with Gasteiger partial charge in [0.05, 0.1) is 13.0 Å². The molecule has 0 aliphatic carbocycles. The van der Waals surface area contributed by atoms with E-state index in [1.54, 1.807) is 29.4 Å². The van der Waals surface area contributed by atoms with Gasteiger partial charge in [-0.25, -0.2) is 4.39 Å². The van der Waals surface area contributed by atoms with E-state index >= 15 is 0 Å². The number of nitrogens with zero attached hydrogens (tertiary/aromatic N) is 5. The van der Waals surface area contributed by atoms with E-state index in [1.807, 2.05) is 16.7 Å². The van der Waals surface area contributed by atoms with E-state index < -0.39 is 0 Å². The molecule has 3 heterocycles. The van der Waals surface area contributed by atoms with Crippen LogP contribution in [0.25, 0.3) is 0 Å². The normalized spacial score (nSPS) is 13.3. The van der Waals surface area contributed by atoms with Crippen molar-refractivity contribution in [2.75, 3.05) is 13.1 Å². The van der Waals surface area contributed by atoms with Gasteiger partial charge in [-0.15, -0.1) is 10.2 Å². The lowest BCUT2D eigenvalue weighted by Gasteiger charge is -2.20. The summed E-state index contributed by atoms with van der Waals surface area (Å²) >= 11 is 0. The van der Waals surface area contributed by atoms with Crippen LogP contribution in [-0.2, 0) is 41.9 Å². The molecule has 2 amide bonds. The van der Waals surface area contributed by atoms with Crippen LogP contribution in [0.15, 0.2) is 48.8 Å². The monoisotopic (exact) mass is 436 g/mol. The van der Waals surface area contributed by atoms with Crippen LogP contribution < -0.4 is 5.32 Å². The predicted molar refractivity (Wildman–Crippen MR) is 115 cm³/mol. The maximum Gasteiger partial charge on any atom is 0.227 e. The molecule has 0 saturated heterocycles. The van der Waals surface area contributed by atoms with E-state index in [2.05, 4.69) is 20.5 Å². The van der Waals surface area contributed by atoms with Gasteiger partial charge in [0.2, 0.25) is 11.8 Å². The van der Waals surface area contributed by atoms with Gasteiger partial charge in [-0.3, -0.25) is 14.6 Å². The molecule has 0 spiro atoms. The van der Waals surface area contributed by atoms with Crippen LogP contribution in [0.5, 0.6) is 0 Å². The van der Waals surface area contributed by atoms with Crippen molar-refractivity contribution in [2.45, 2.75) is 38.8 Å². The van der Waals surface area contributed by atoms with Gasteiger partial charge in [-0.05, 0) is 35.7 Å². The molecule has 9 heteroatoms. The van der Waals surface area contributed by atoms with Gasteiger partial charge in [0.15, 0.2) is 5.82 Å². The quantitative estimate of drug-likeness (QED) is 0.609. The van der Waals surface area contributed by atoms with E-state index in [-0.39, 0.29) is 30.6 Å². The van der Waals surface area contributed by atoms with Crippen molar-refractivity contribution in [2.24, 2.45) is 0 Å². The molecule has 1 N–H and O–H groups in total. The van der Waals surface area contributed by atoms with Crippen LogP contribution >= 0.6 is 0 Å². The average Bonchev–Trinajstić information content (AvgIpc) is 3.05. The molecule has 1 aromatic carbocycles.